The second-order valence-corrected chi connectivity index (χ2v) is 8.68. The number of hydrogen-bond acceptors (Lipinski definition) is 4. The summed E-state index contributed by atoms with van der Waals surface area (Å²) in [6.07, 6.45) is 2.06. The highest BCUT2D eigenvalue weighted by atomic mass is 32.2. The molecule has 1 aromatic heterocycles. The number of sulfonamides is 1. The summed E-state index contributed by atoms with van der Waals surface area (Å²) in [5, 5.41) is 3.64. The minimum atomic E-state index is -3.53. The number of carbonyl (C=O) groups is 1. The summed E-state index contributed by atoms with van der Waals surface area (Å²) >= 11 is 0. The van der Waals surface area contributed by atoms with E-state index in [1.54, 1.807) is 28.8 Å². The molecule has 27 heavy (non-hydrogen) atoms. The van der Waals surface area contributed by atoms with Gasteiger partial charge in [0.15, 0.2) is 0 Å². The fourth-order valence-electron chi connectivity index (χ4n) is 3.52. The van der Waals surface area contributed by atoms with Crippen LogP contribution in [0.5, 0.6) is 0 Å². The molecule has 7 nitrogen and oxygen atoms in total. The number of hydrogen-bond donors (Lipinski definition) is 1. The van der Waals surface area contributed by atoms with E-state index in [2.05, 4.69) is 5.32 Å². The second-order valence-electron chi connectivity index (χ2n) is 6.74. The van der Waals surface area contributed by atoms with Crippen LogP contribution < -0.4 is 5.32 Å². The smallest absolute Gasteiger partial charge is 0.268 e. The molecule has 148 valence electrons. The van der Waals surface area contributed by atoms with E-state index in [0.717, 1.165) is 30.4 Å². The van der Waals surface area contributed by atoms with Crippen molar-refractivity contribution >= 4 is 26.8 Å². The minimum Gasteiger partial charge on any atom is -0.376 e. The van der Waals surface area contributed by atoms with Crippen LogP contribution in [0, 0.1) is 0 Å². The van der Waals surface area contributed by atoms with Crippen LogP contribution in [0.25, 0.3) is 10.9 Å². The van der Waals surface area contributed by atoms with Gasteiger partial charge in [-0.1, -0.05) is 13.8 Å². The highest BCUT2D eigenvalue weighted by Crippen LogP contribution is 2.24. The van der Waals surface area contributed by atoms with E-state index >= 15 is 0 Å². The molecule has 1 unspecified atom stereocenters. The topological polar surface area (TPSA) is 80.6 Å². The van der Waals surface area contributed by atoms with Gasteiger partial charge in [-0.05, 0) is 37.1 Å². The average Bonchev–Trinajstić information content (AvgIpc) is 3.28. The lowest BCUT2D eigenvalue weighted by molar-refractivity contribution is 0.0851. The molecule has 0 saturated carbocycles. The Morgan fingerprint density at radius 1 is 1.30 bits per heavy atom. The minimum absolute atomic E-state index is 0.0782. The number of aromatic nitrogens is 1. The zero-order chi connectivity index (χ0) is 19.6. The van der Waals surface area contributed by atoms with Gasteiger partial charge in [-0.15, -0.1) is 0 Å². The molecule has 1 aliphatic rings. The average molecular weight is 394 g/mol. The van der Waals surface area contributed by atoms with Crippen LogP contribution in [0.1, 0.15) is 37.2 Å². The Balaban J connectivity index is 1.86. The van der Waals surface area contributed by atoms with Crippen molar-refractivity contribution in [3.63, 3.8) is 0 Å². The Morgan fingerprint density at radius 3 is 2.67 bits per heavy atom. The van der Waals surface area contributed by atoms with Crippen LogP contribution in [0.15, 0.2) is 29.2 Å². The van der Waals surface area contributed by atoms with Crippen LogP contribution in [-0.2, 0) is 21.8 Å². The van der Waals surface area contributed by atoms with E-state index in [1.165, 1.54) is 4.31 Å². The van der Waals surface area contributed by atoms with Crippen LogP contribution >= 0.6 is 0 Å². The number of rotatable bonds is 7. The monoisotopic (exact) mass is 393 g/mol. The molecule has 1 aromatic carbocycles. The number of amides is 1. The lowest BCUT2D eigenvalue weighted by Crippen LogP contribution is -2.32. The standard InChI is InChI=1S/C19H27N3O4S/c1-4-22(5-2)27(24,25)16-8-9-17-14(11-16)12-18(21(17)3)19(23)20-13-15-7-6-10-26-15/h8-9,11-12,15H,4-7,10,13H2,1-3H3,(H,20,23). The first kappa shape index (κ1) is 19.9. The molecule has 3 rings (SSSR count). The molecule has 0 spiro atoms. The first-order chi connectivity index (χ1) is 12.9. The summed E-state index contributed by atoms with van der Waals surface area (Å²) in [5.41, 5.74) is 1.32. The first-order valence-corrected chi connectivity index (χ1v) is 10.8. The first-order valence-electron chi connectivity index (χ1n) is 9.38. The van der Waals surface area contributed by atoms with Gasteiger partial charge in [0.05, 0.1) is 11.0 Å². The summed E-state index contributed by atoms with van der Waals surface area (Å²) < 4.78 is 34.2. The Hall–Kier alpha value is -1.90. The molecular formula is C19H27N3O4S. The van der Waals surface area contributed by atoms with Crippen molar-refractivity contribution in [1.82, 2.24) is 14.2 Å². The molecule has 2 heterocycles. The molecule has 1 aliphatic heterocycles. The fourth-order valence-corrected chi connectivity index (χ4v) is 5.01. The van der Waals surface area contributed by atoms with Crippen molar-refractivity contribution in [2.24, 2.45) is 7.05 Å². The van der Waals surface area contributed by atoms with Gasteiger partial charge < -0.3 is 14.6 Å². The number of ether oxygens (including phenoxy) is 1. The summed E-state index contributed by atoms with van der Waals surface area (Å²) in [7, 11) is -1.72. The zero-order valence-corrected chi connectivity index (χ0v) is 16.9. The third-order valence-electron chi connectivity index (χ3n) is 5.10. The van der Waals surface area contributed by atoms with Gasteiger partial charge in [0.2, 0.25) is 10.0 Å². The van der Waals surface area contributed by atoms with Gasteiger partial charge in [0.1, 0.15) is 5.69 Å². The van der Waals surface area contributed by atoms with E-state index in [0.29, 0.717) is 25.3 Å². The number of nitrogens with one attached hydrogen (secondary N) is 1. The van der Waals surface area contributed by atoms with Crippen LogP contribution in [0.4, 0.5) is 0 Å². The highest BCUT2D eigenvalue weighted by Gasteiger charge is 2.23. The lowest BCUT2D eigenvalue weighted by Gasteiger charge is -2.18. The maximum absolute atomic E-state index is 12.7. The van der Waals surface area contributed by atoms with Crippen molar-refractivity contribution in [2.45, 2.75) is 37.7 Å². The zero-order valence-electron chi connectivity index (χ0n) is 16.1. The maximum atomic E-state index is 12.7. The van der Waals surface area contributed by atoms with Crippen molar-refractivity contribution in [1.29, 1.82) is 0 Å². The van der Waals surface area contributed by atoms with Gasteiger partial charge in [-0.2, -0.15) is 4.31 Å². The molecule has 2 aromatic rings. The number of aryl methyl sites for hydroxylation is 1. The highest BCUT2D eigenvalue weighted by molar-refractivity contribution is 7.89. The van der Waals surface area contributed by atoms with Crippen molar-refractivity contribution in [2.75, 3.05) is 26.2 Å². The predicted octanol–water partition coefficient (Wildman–Crippen LogP) is 2.12. The Bertz CT molecular complexity index is 926. The number of fused-ring (bicyclic) bond motifs is 1. The Labute approximate surface area is 160 Å². The van der Waals surface area contributed by atoms with Crippen LogP contribution in [-0.4, -0.2) is 55.5 Å². The summed E-state index contributed by atoms with van der Waals surface area (Å²) in [5.74, 6) is -0.183. The largest absolute Gasteiger partial charge is 0.376 e. The molecule has 0 bridgehead atoms. The molecule has 0 radical (unpaired) electrons. The van der Waals surface area contributed by atoms with Gasteiger partial charge in [-0.3, -0.25) is 4.79 Å². The van der Waals surface area contributed by atoms with Crippen molar-refractivity contribution in [3.8, 4) is 0 Å². The third kappa shape index (κ3) is 3.88. The van der Waals surface area contributed by atoms with Crippen molar-refractivity contribution < 1.29 is 17.9 Å². The summed E-state index contributed by atoms with van der Waals surface area (Å²) in [4.78, 5) is 12.8. The van der Waals surface area contributed by atoms with Crippen LogP contribution in [0.3, 0.4) is 0 Å². The molecule has 1 amide bonds. The number of carbonyl (C=O) groups excluding carboxylic acids is 1. The Kier molecular flexibility index (Phi) is 5.88. The molecule has 1 fully saturated rings. The number of benzene rings is 1. The normalized spacial score (nSPS) is 17.7. The third-order valence-corrected chi connectivity index (χ3v) is 7.15. The van der Waals surface area contributed by atoms with Gasteiger partial charge >= 0.3 is 0 Å². The maximum Gasteiger partial charge on any atom is 0.268 e. The molecular weight excluding hydrogens is 366 g/mol. The number of nitrogens with zero attached hydrogens (tertiary/aromatic N) is 2. The molecule has 1 atom stereocenters. The van der Waals surface area contributed by atoms with Gasteiger partial charge in [-0.25, -0.2) is 8.42 Å². The molecule has 8 heteroatoms. The SMILES string of the molecule is CCN(CC)S(=O)(=O)c1ccc2c(c1)cc(C(=O)NCC1CCCO1)n2C. The molecule has 1 N–H and O–H groups in total. The van der Waals surface area contributed by atoms with E-state index < -0.39 is 10.0 Å². The summed E-state index contributed by atoms with van der Waals surface area (Å²) in [6.45, 7) is 5.71. The predicted molar refractivity (Wildman–Crippen MR) is 104 cm³/mol. The van der Waals surface area contributed by atoms with Crippen molar-refractivity contribution in [3.05, 3.63) is 30.0 Å². The summed E-state index contributed by atoms with van der Waals surface area (Å²) in [6, 6.07) is 6.73. The molecule has 0 aliphatic carbocycles. The van der Waals surface area contributed by atoms with E-state index in [9.17, 15) is 13.2 Å². The van der Waals surface area contributed by atoms with Gasteiger partial charge in [0.25, 0.3) is 5.91 Å². The molecule has 1 saturated heterocycles. The van der Waals surface area contributed by atoms with Crippen LogP contribution in [0.2, 0.25) is 0 Å². The van der Waals surface area contributed by atoms with E-state index in [1.807, 2.05) is 20.9 Å². The second kappa shape index (κ2) is 8.00. The Morgan fingerprint density at radius 2 is 2.04 bits per heavy atom. The quantitative estimate of drug-likeness (QED) is 0.781. The van der Waals surface area contributed by atoms with Gasteiger partial charge in [0, 0.05) is 44.2 Å². The van der Waals surface area contributed by atoms with E-state index in [4.69, 9.17) is 4.74 Å². The fraction of sp³-hybridized carbons (Fsp3) is 0.526. The van der Waals surface area contributed by atoms with E-state index in [-0.39, 0.29) is 16.9 Å². The lowest BCUT2D eigenvalue weighted by atomic mass is 10.2.